The van der Waals surface area contributed by atoms with Gasteiger partial charge in [0.05, 0.1) is 13.2 Å². The van der Waals surface area contributed by atoms with E-state index in [4.69, 9.17) is 9.47 Å². The Morgan fingerprint density at radius 2 is 2.00 bits per heavy atom. The minimum Gasteiger partial charge on any atom is -0.382 e. The molecule has 0 bridgehead atoms. The van der Waals surface area contributed by atoms with Crippen molar-refractivity contribution in [2.45, 2.75) is 6.92 Å². The molecule has 0 N–H and O–H groups in total. The zero-order valence-electron chi connectivity index (χ0n) is 11.9. The molecule has 0 spiro atoms. The maximum atomic E-state index is 11.9. The molecule has 0 aromatic carbocycles. The Hall–Kier alpha value is -1.25. The number of amides is 1. The number of carbonyl (C=O) groups excluding carboxylic acids is 1. The lowest BCUT2D eigenvalue weighted by atomic mass is 10.3. The lowest BCUT2D eigenvalue weighted by Gasteiger charge is -2.34. The first-order valence-corrected chi connectivity index (χ1v) is 7.42. The normalized spacial score (nSPS) is 15.7. The molecule has 1 aromatic heterocycles. The van der Waals surface area contributed by atoms with Gasteiger partial charge in [-0.15, -0.1) is 10.2 Å². The van der Waals surface area contributed by atoms with E-state index in [0.29, 0.717) is 26.3 Å². The SMILES string of the molecule is COCCOCC(=O)N1CCN(c2nnc(C)s2)CC1. The van der Waals surface area contributed by atoms with Crippen LogP contribution in [-0.4, -0.2) is 74.1 Å². The molecule has 0 atom stereocenters. The second kappa shape index (κ2) is 7.51. The molecule has 7 nitrogen and oxygen atoms in total. The summed E-state index contributed by atoms with van der Waals surface area (Å²) in [5, 5.41) is 10.0. The highest BCUT2D eigenvalue weighted by Gasteiger charge is 2.22. The molecule has 1 aliphatic heterocycles. The van der Waals surface area contributed by atoms with E-state index in [1.807, 2.05) is 11.8 Å². The number of methoxy groups -OCH3 is 1. The summed E-state index contributed by atoms with van der Waals surface area (Å²) in [7, 11) is 1.61. The van der Waals surface area contributed by atoms with Gasteiger partial charge in [-0.3, -0.25) is 4.79 Å². The Labute approximate surface area is 122 Å². The third kappa shape index (κ3) is 4.12. The molecule has 1 aliphatic rings. The minimum absolute atomic E-state index is 0.0363. The summed E-state index contributed by atoms with van der Waals surface area (Å²) < 4.78 is 10.1. The largest absolute Gasteiger partial charge is 0.382 e. The Kier molecular flexibility index (Phi) is 5.69. The number of nitrogens with zero attached hydrogens (tertiary/aromatic N) is 4. The summed E-state index contributed by atoms with van der Waals surface area (Å²) >= 11 is 1.58. The van der Waals surface area contributed by atoms with E-state index in [9.17, 15) is 4.79 Å². The van der Waals surface area contributed by atoms with E-state index in [2.05, 4.69) is 15.1 Å². The van der Waals surface area contributed by atoms with Crippen LogP contribution in [0.1, 0.15) is 5.01 Å². The second-order valence-corrected chi connectivity index (χ2v) is 5.68. The fraction of sp³-hybridized carbons (Fsp3) is 0.750. The van der Waals surface area contributed by atoms with Crippen molar-refractivity contribution in [3.8, 4) is 0 Å². The van der Waals surface area contributed by atoms with E-state index in [0.717, 1.165) is 23.2 Å². The van der Waals surface area contributed by atoms with Gasteiger partial charge in [-0.2, -0.15) is 0 Å². The monoisotopic (exact) mass is 300 g/mol. The molecule has 0 unspecified atom stereocenters. The van der Waals surface area contributed by atoms with Crippen molar-refractivity contribution in [1.29, 1.82) is 0 Å². The van der Waals surface area contributed by atoms with E-state index >= 15 is 0 Å². The standard InChI is InChI=1S/C12H20N4O3S/c1-10-13-14-12(20-10)16-5-3-15(4-6-16)11(17)9-19-8-7-18-2/h3-9H2,1-2H3. The number of ether oxygens (including phenoxy) is 2. The van der Waals surface area contributed by atoms with Crippen LogP contribution >= 0.6 is 11.3 Å². The zero-order chi connectivity index (χ0) is 14.4. The smallest absolute Gasteiger partial charge is 0.248 e. The van der Waals surface area contributed by atoms with Gasteiger partial charge >= 0.3 is 0 Å². The molecule has 1 amide bonds. The van der Waals surface area contributed by atoms with Gasteiger partial charge in [0.2, 0.25) is 11.0 Å². The number of piperazine rings is 1. The van der Waals surface area contributed by atoms with Crippen LogP contribution in [0.15, 0.2) is 0 Å². The third-order valence-electron chi connectivity index (χ3n) is 3.08. The molecule has 20 heavy (non-hydrogen) atoms. The van der Waals surface area contributed by atoms with Crippen molar-refractivity contribution in [2.75, 3.05) is 58.0 Å². The summed E-state index contributed by atoms with van der Waals surface area (Å²) in [6.45, 7) is 6.01. The molecule has 0 radical (unpaired) electrons. The van der Waals surface area contributed by atoms with Gasteiger partial charge in [0.25, 0.3) is 0 Å². The Bertz CT molecular complexity index is 432. The molecule has 8 heteroatoms. The molecule has 0 saturated carbocycles. The van der Waals surface area contributed by atoms with Crippen LogP contribution in [0.2, 0.25) is 0 Å². The highest BCUT2D eigenvalue weighted by Crippen LogP contribution is 2.20. The number of carbonyl (C=O) groups is 1. The predicted molar refractivity (Wildman–Crippen MR) is 76.1 cm³/mol. The van der Waals surface area contributed by atoms with Gasteiger partial charge in [-0.05, 0) is 6.92 Å². The van der Waals surface area contributed by atoms with E-state index < -0.39 is 0 Å². The highest BCUT2D eigenvalue weighted by atomic mass is 32.1. The number of aryl methyl sites for hydroxylation is 1. The number of hydrogen-bond acceptors (Lipinski definition) is 7. The Morgan fingerprint density at radius 3 is 2.60 bits per heavy atom. The molecule has 1 saturated heterocycles. The number of aromatic nitrogens is 2. The van der Waals surface area contributed by atoms with Gasteiger partial charge in [-0.1, -0.05) is 11.3 Å². The summed E-state index contributed by atoms with van der Waals surface area (Å²) in [6.07, 6.45) is 0. The Balaban J connectivity index is 1.72. The first kappa shape index (κ1) is 15.1. The molecule has 1 fully saturated rings. The van der Waals surface area contributed by atoms with Crippen molar-refractivity contribution in [3.63, 3.8) is 0 Å². The summed E-state index contributed by atoms with van der Waals surface area (Å²) in [5.74, 6) is 0.0363. The van der Waals surface area contributed by atoms with Crippen molar-refractivity contribution >= 4 is 22.4 Å². The fourth-order valence-corrected chi connectivity index (χ4v) is 2.69. The van der Waals surface area contributed by atoms with Crippen LogP contribution in [0.25, 0.3) is 0 Å². The number of anilines is 1. The highest BCUT2D eigenvalue weighted by molar-refractivity contribution is 7.15. The van der Waals surface area contributed by atoms with Crippen molar-refractivity contribution in [1.82, 2.24) is 15.1 Å². The van der Waals surface area contributed by atoms with Gasteiger partial charge in [-0.25, -0.2) is 0 Å². The Morgan fingerprint density at radius 1 is 1.25 bits per heavy atom. The van der Waals surface area contributed by atoms with E-state index in [1.54, 1.807) is 18.4 Å². The topological polar surface area (TPSA) is 67.8 Å². The van der Waals surface area contributed by atoms with Crippen LogP contribution in [0, 0.1) is 6.92 Å². The second-order valence-electron chi connectivity index (χ2n) is 4.52. The van der Waals surface area contributed by atoms with Crippen LogP contribution in [0.3, 0.4) is 0 Å². The summed E-state index contributed by atoms with van der Waals surface area (Å²) in [6, 6.07) is 0. The minimum atomic E-state index is 0.0363. The van der Waals surface area contributed by atoms with Crippen molar-refractivity contribution < 1.29 is 14.3 Å². The molecule has 1 aromatic rings. The van der Waals surface area contributed by atoms with E-state index in [1.165, 1.54) is 0 Å². The summed E-state index contributed by atoms with van der Waals surface area (Å²) in [4.78, 5) is 15.9. The van der Waals surface area contributed by atoms with Crippen molar-refractivity contribution in [3.05, 3.63) is 5.01 Å². The molecular weight excluding hydrogens is 280 g/mol. The first-order chi connectivity index (χ1) is 9.70. The van der Waals surface area contributed by atoms with Crippen LogP contribution < -0.4 is 4.90 Å². The predicted octanol–water partition coefficient (Wildman–Crippen LogP) is 0.158. The van der Waals surface area contributed by atoms with Crippen molar-refractivity contribution in [2.24, 2.45) is 0 Å². The lowest BCUT2D eigenvalue weighted by molar-refractivity contribution is -0.136. The molecule has 2 rings (SSSR count). The van der Waals surface area contributed by atoms with Gasteiger partial charge in [0.15, 0.2) is 0 Å². The van der Waals surface area contributed by atoms with E-state index in [-0.39, 0.29) is 12.5 Å². The third-order valence-corrected chi connectivity index (χ3v) is 3.98. The lowest BCUT2D eigenvalue weighted by Crippen LogP contribution is -2.49. The molecule has 2 heterocycles. The summed E-state index contributed by atoms with van der Waals surface area (Å²) in [5.41, 5.74) is 0. The van der Waals surface area contributed by atoms with Gasteiger partial charge < -0.3 is 19.3 Å². The number of hydrogen-bond donors (Lipinski definition) is 0. The van der Waals surface area contributed by atoms with Crippen LogP contribution in [0.4, 0.5) is 5.13 Å². The van der Waals surface area contributed by atoms with Crippen LogP contribution in [0.5, 0.6) is 0 Å². The number of rotatable bonds is 6. The maximum absolute atomic E-state index is 11.9. The fourth-order valence-electron chi connectivity index (χ4n) is 1.95. The van der Waals surface area contributed by atoms with Crippen LogP contribution in [-0.2, 0) is 14.3 Å². The van der Waals surface area contributed by atoms with Gasteiger partial charge in [0.1, 0.15) is 11.6 Å². The van der Waals surface area contributed by atoms with Gasteiger partial charge in [0, 0.05) is 33.3 Å². The molecule has 0 aliphatic carbocycles. The zero-order valence-corrected chi connectivity index (χ0v) is 12.7. The first-order valence-electron chi connectivity index (χ1n) is 6.60. The average Bonchev–Trinajstić information content (AvgIpc) is 2.90. The maximum Gasteiger partial charge on any atom is 0.248 e. The quantitative estimate of drug-likeness (QED) is 0.697. The molecular formula is C12H20N4O3S. The molecule has 112 valence electrons. The average molecular weight is 300 g/mol.